The Kier molecular flexibility index (Phi) is 2.72. The molecule has 3 rings (SSSR count). The van der Waals surface area contributed by atoms with Gasteiger partial charge in [-0.1, -0.05) is 50.6 Å². The molecule has 0 radical (unpaired) electrons. The van der Waals surface area contributed by atoms with Gasteiger partial charge in [0.05, 0.1) is 16.1 Å². The van der Waals surface area contributed by atoms with Crippen molar-refractivity contribution in [1.82, 2.24) is 10.2 Å². The number of aromatic nitrogens is 2. The van der Waals surface area contributed by atoms with Gasteiger partial charge in [-0.15, -0.1) is 10.2 Å². The van der Waals surface area contributed by atoms with E-state index in [0.717, 1.165) is 26.8 Å². The highest BCUT2D eigenvalue weighted by Crippen LogP contribution is 2.33. The molecule has 19 heavy (non-hydrogen) atoms. The van der Waals surface area contributed by atoms with Crippen molar-refractivity contribution in [2.24, 2.45) is 0 Å². The van der Waals surface area contributed by atoms with Crippen LogP contribution in [0, 0.1) is 0 Å². The number of rotatable bonds is 0. The second-order valence-corrected chi connectivity index (χ2v) is 6.23. The van der Waals surface area contributed by atoms with E-state index in [2.05, 4.69) is 37.0 Å². The molecule has 0 bridgehead atoms. The van der Waals surface area contributed by atoms with E-state index in [1.807, 2.05) is 30.3 Å². The fourth-order valence-electron chi connectivity index (χ4n) is 2.25. The van der Waals surface area contributed by atoms with Crippen molar-refractivity contribution in [2.75, 3.05) is 0 Å². The van der Waals surface area contributed by atoms with Crippen molar-refractivity contribution in [3.8, 4) is 0 Å². The summed E-state index contributed by atoms with van der Waals surface area (Å²) in [4.78, 5) is 0. The fraction of sp³-hybridized carbons (Fsp3) is 0.250. The monoisotopic (exact) mass is 270 g/mol. The normalized spacial score (nSPS) is 12.2. The Labute approximate surface area is 117 Å². The second-order valence-electron chi connectivity index (χ2n) is 5.82. The van der Waals surface area contributed by atoms with Crippen molar-refractivity contribution >= 4 is 33.4 Å². The van der Waals surface area contributed by atoms with Crippen LogP contribution in [-0.2, 0) is 5.41 Å². The Balaban J connectivity index is 2.43. The highest BCUT2D eigenvalue weighted by Gasteiger charge is 2.17. The standard InChI is InChI=1S/C16H15ClN2/c1-16(2,3)10-8-12(17)15-11-6-4-5-7-13(11)18-19-14(15)9-10/h4-9H,1-3H3. The molecule has 2 nitrogen and oxygen atoms in total. The SMILES string of the molecule is CC(C)(C)c1cc(Cl)c2c(c1)nnc1ccccc12. The summed E-state index contributed by atoms with van der Waals surface area (Å²) in [5.74, 6) is 0. The van der Waals surface area contributed by atoms with Crippen LogP contribution >= 0.6 is 11.6 Å². The lowest BCUT2D eigenvalue weighted by Crippen LogP contribution is -2.11. The fourth-order valence-corrected chi connectivity index (χ4v) is 2.57. The van der Waals surface area contributed by atoms with Gasteiger partial charge in [-0.05, 0) is 29.2 Å². The van der Waals surface area contributed by atoms with E-state index in [9.17, 15) is 0 Å². The van der Waals surface area contributed by atoms with E-state index in [-0.39, 0.29) is 5.41 Å². The summed E-state index contributed by atoms with van der Waals surface area (Å²) in [6, 6.07) is 12.1. The number of hydrogen-bond donors (Lipinski definition) is 0. The Morgan fingerprint density at radius 1 is 0.947 bits per heavy atom. The van der Waals surface area contributed by atoms with Gasteiger partial charge < -0.3 is 0 Å². The summed E-state index contributed by atoms with van der Waals surface area (Å²) >= 11 is 6.48. The number of fused-ring (bicyclic) bond motifs is 3. The van der Waals surface area contributed by atoms with Crippen LogP contribution in [-0.4, -0.2) is 10.2 Å². The molecule has 0 aliphatic heterocycles. The average Bonchev–Trinajstić information content (AvgIpc) is 2.37. The molecule has 0 spiro atoms. The quantitative estimate of drug-likeness (QED) is 0.552. The second kappa shape index (κ2) is 4.17. The van der Waals surface area contributed by atoms with Gasteiger partial charge >= 0.3 is 0 Å². The van der Waals surface area contributed by atoms with Crippen molar-refractivity contribution in [3.63, 3.8) is 0 Å². The van der Waals surface area contributed by atoms with Crippen LogP contribution in [0.1, 0.15) is 26.3 Å². The van der Waals surface area contributed by atoms with Crippen LogP contribution in [0.3, 0.4) is 0 Å². The van der Waals surface area contributed by atoms with Gasteiger partial charge in [0.1, 0.15) is 0 Å². The number of benzene rings is 2. The minimum Gasteiger partial charge on any atom is -0.150 e. The van der Waals surface area contributed by atoms with Crippen LogP contribution in [0.15, 0.2) is 36.4 Å². The van der Waals surface area contributed by atoms with Gasteiger partial charge in [0.2, 0.25) is 0 Å². The van der Waals surface area contributed by atoms with Gasteiger partial charge in [-0.2, -0.15) is 0 Å². The third-order valence-corrected chi connectivity index (χ3v) is 3.67. The zero-order chi connectivity index (χ0) is 13.6. The molecular formula is C16H15ClN2. The number of hydrogen-bond acceptors (Lipinski definition) is 2. The lowest BCUT2D eigenvalue weighted by Gasteiger charge is -2.20. The Morgan fingerprint density at radius 3 is 2.37 bits per heavy atom. The van der Waals surface area contributed by atoms with Crippen molar-refractivity contribution in [3.05, 3.63) is 47.0 Å². The molecule has 1 heterocycles. The number of nitrogens with zero attached hydrogens (tertiary/aromatic N) is 2. The molecule has 0 unspecified atom stereocenters. The zero-order valence-electron chi connectivity index (χ0n) is 11.2. The van der Waals surface area contributed by atoms with E-state index in [1.165, 1.54) is 5.56 Å². The summed E-state index contributed by atoms with van der Waals surface area (Å²) in [6.07, 6.45) is 0. The van der Waals surface area contributed by atoms with Crippen LogP contribution in [0.4, 0.5) is 0 Å². The third-order valence-electron chi connectivity index (χ3n) is 3.37. The summed E-state index contributed by atoms with van der Waals surface area (Å²) in [7, 11) is 0. The van der Waals surface area contributed by atoms with Gasteiger partial charge in [0.15, 0.2) is 0 Å². The van der Waals surface area contributed by atoms with Crippen molar-refractivity contribution < 1.29 is 0 Å². The van der Waals surface area contributed by atoms with Gasteiger partial charge in [-0.25, -0.2) is 0 Å². The summed E-state index contributed by atoms with van der Waals surface area (Å²) in [5.41, 5.74) is 2.96. The topological polar surface area (TPSA) is 25.8 Å². The maximum Gasteiger partial charge on any atom is 0.0954 e. The molecule has 1 aromatic heterocycles. The minimum atomic E-state index is 0.0468. The first-order chi connectivity index (χ1) is 8.97. The molecule has 3 aromatic rings. The maximum atomic E-state index is 6.48. The molecule has 3 heteroatoms. The summed E-state index contributed by atoms with van der Waals surface area (Å²) in [5, 5.41) is 11.4. The number of halogens is 1. The van der Waals surface area contributed by atoms with E-state index < -0.39 is 0 Å². The van der Waals surface area contributed by atoms with Crippen LogP contribution in [0.25, 0.3) is 21.8 Å². The van der Waals surface area contributed by atoms with E-state index in [0.29, 0.717) is 0 Å². The molecule has 96 valence electrons. The van der Waals surface area contributed by atoms with Crippen LogP contribution in [0.5, 0.6) is 0 Å². The van der Waals surface area contributed by atoms with E-state index in [1.54, 1.807) is 0 Å². The molecule has 0 aliphatic carbocycles. The first-order valence-electron chi connectivity index (χ1n) is 6.32. The molecule has 0 N–H and O–H groups in total. The summed E-state index contributed by atoms with van der Waals surface area (Å²) in [6.45, 7) is 6.50. The van der Waals surface area contributed by atoms with Crippen LogP contribution in [0.2, 0.25) is 5.02 Å². The molecule has 2 aromatic carbocycles. The van der Waals surface area contributed by atoms with Crippen molar-refractivity contribution in [1.29, 1.82) is 0 Å². The zero-order valence-corrected chi connectivity index (χ0v) is 12.0. The van der Waals surface area contributed by atoms with Crippen LogP contribution < -0.4 is 0 Å². The molecule has 0 saturated heterocycles. The Morgan fingerprint density at radius 2 is 1.63 bits per heavy atom. The lowest BCUT2D eigenvalue weighted by atomic mass is 9.86. The first-order valence-corrected chi connectivity index (χ1v) is 6.70. The Hall–Kier alpha value is -1.67. The van der Waals surface area contributed by atoms with Gasteiger partial charge in [0, 0.05) is 10.8 Å². The molecule has 0 aliphatic rings. The smallest absolute Gasteiger partial charge is 0.0954 e. The predicted octanol–water partition coefficient (Wildman–Crippen LogP) is 4.73. The minimum absolute atomic E-state index is 0.0468. The molecule has 0 saturated carbocycles. The van der Waals surface area contributed by atoms with E-state index in [4.69, 9.17) is 11.6 Å². The van der Waals surface area contributed by atoms with Gasteiger partial charge in [-0.3, -0.25) is 0 Å². The molecule has 0 atom stereocenters. The Bertz CT molecular complexity index is 773. The predicted molar refractivity (Wildman–Crippen MR) is 80.8 cm³/mol. The van der Waals surface area contributed by atoms with Crippen molar-refractivity contribution in [2.45, 2.75) is 26.2 Å². The van der Waals surface area contributed by atoms with E-state index >= 15 is 0 Å². The third kappa shape index (κ3) is 2.06. The average molecular weight is 271 g/mol. The molecule has 0 amide bonds. The first kappa shape index (κ1) is 12.4. The highest BCUT2D eigenvalue weighted by atomic mass is 35.5. The van der Waals surface area contributed by atoms with Gasteiger partial charge in [0.25, 0.3) is 0 Å². The maximum absolute atomic E-state index is 6.48. The lowest BCUT2D eigenvalue weighted by molar-refractivity contribution is 0.591. The summed E-state index contributed by atoms with van der Waals surface area (Å²) < 4.78 is 0. The highest BCUT2D eigenvalue weighted by molar-refractivity contribution is 6.37. The molecular weight excluding hydrogens is 256 g/mol. The largest absolute Gasteiger partial charge is 0.150 e. The molecule has 0 fully saturated rings.